The summed E-state index contributed by atoms with van der Waals surface area (Å²) in [5.74, 6) is -1.88. The molecule has 0 spiro atoms. The molecule has 1 aliphatic rings. The van der Waals surface area contributed by atoms with Crippen molar-refractivity contribution in [2.45, 2.75) is 19.9 Å². The standard InChI is InChI=1S/C15H14N2O5S2/c1-8(2)12(14(19)20)16-13(18)11(24-15(16)23)7-9-3-5-10(6-4-9)17(21)22/h3-8,12H,1-2H3,(H,19,20)/b11-7-/t12-/m0/s1. The van der Waals surface area contributed by atoms with E-state index in [0.717, 1.165) is 16.7 Å². The first-order valence-corrected chi connectivity index (χ1v) is 8.19. The number of carbonyl (C=O) groups is 2. The molecule has 1 heterocycles. The summed E-state index contributed by atoms with van der Waals surface area (Å²) < 4.78 is 0.189. The van der Waals surface area contributed by atoms with E-state index in [0.29, 0.717) is 10.5 Å². The van der Waals surface area contributed by atoms with Crippen molar-refractivity contribution in [1.29, 1.82) is 0 Å². The summed E-state index contributed by atoms with van der Waals surface area (Å²) in [5.41, 5.74) is 0.544. The first-order valence-electron chi connectivity index (χ1n) is 6.96. The van der Waals surface area contributed by atoms with Crippen LogP contribution in [0.1, 0.15) is 19.4 Å². The van der Waals surface area contributed by atoms with E-state index in [2.05, 4.69) is 0 Å². The van der Waals surface area contributed by atoms with E-state index in [1.54, 1.807) is 19.9 Å². The highest BCUT2D eigenvalue weighted by Crippen LogP contribution is 2.35. The van der Waals surface area contributed by atoms with Crippen LogP contribution < -0.4 is 0 Å². The van der Waals surface area contributed by atoms with E-state index < -0.39 is 22.8 Å². The molecular weight excluding hydrogens is 352 g/mol. The van der Waals surface area contributed by atoms with Gasteiger partial charge in [-0.1, -0.05) is 37.8 Å². The van der Waals surface area contributed by atoms with Crippen LogP contribution in [-0.2, 0) is 9.59 Å². The van der Waals surface area contributed by atoms with Gasteiger partial charge >= 0.3 is 5.97 Å². The Bertz CT molecular complexity index is 743. The normalized spacial score (nSPS) is 17.6. The van der Waals surface area contributed by atoms with Crippen molar-refractivity contribution in [1.82, 2.24) is 4.90 Å². The molecule has 9 heteroatoms. The molecule has 1 saturated heterocycles. The average Bonchev–Trinajstić information content (AvgIpc) is 2.75. The van der Waals surface area contributed by atoms with Gasteiger partial charge in [-0.25, -0.2) is 4.79 Å². The van der Waals surface area contributed by atoms with E-state index in [1.165, 1.54) is 24.3 Å². The predicted octanol–water partition coefficient (Wildman–Crippen LogP) is 2.91. The van der Waals surface area contributed by atoms with E-state index >= 15 is 0 Å². The lowest BCUT2D eigenvalue weighted by atomic mass is 10.0. The number of thiocarbonyl (C=S) groups is 1. The average molecular weight is 366 g/mol. The van der Waals surface area contributed by atoms with Crippen molar-refractivity contribution in [3.8, 4) is 0 Å². The van der Waals surface area contributed by atoms with Crippen LogP contribution in [0.15, 0.2) is 29.2 Å². The Labute approximate surface area is 147 Å². The van der Waals surface area contributed by atoms with Crippen molar-refractivity contribution in [3.05, 3.63) is 44.8 Å². The number of aliphatic carboxylic acids is 1. The Balaban J connectivity index is 2.30. The number of nitrogens with zero attached hydrogens (tertiary/aromatic N) is 2. The minimum Gasteiger partial charge on any atom is -0.480 e. The molecule has 1 amide bonds. The van der Waals surface area contributed by atoms with Gasteiger partial charge in [0.25, 0.3) is 11.6 Å². The van der Waals surface area contributed by atoms with Gasteiger partial charge in [0, 0.05) is 12.1 Å². The third-order valence-corrected chi connectivity index (χ3v) is 4.72. The molecule has 0 aromatic heterocycles. The van der Waals surface area contributed by atoms with Gasteiger partial charge in [0.05, 0.1) is 9.83 Å². The smallest absolute Gasteiger partial charge is 0.327 e. The highest BCUT2D eigenvalue weighted by molar-refractivity contribution is 8.26. The van der Waals surface area contributed by atoms with E-state index in [4.69, 9.17) is 12.2 Å². The van der Waals surface area contributed by atoms with Crippen molar-refractivity contribution in [3.63, 3.8) is 0 Å². The summed E-state index contributed by atoms with van der Waals surface area (Å²) in [7, 11) is 0. The van der Waals surface area contributed by atoms with Crippen LogP contribution in [0, 0.1) is 16.0 Å². The SMILES string of the molecule is CC(C)[C@@H](C(=O)O)N1C(=O)/C(=C/c2ccc([N+](=O)[O-])cc2)SC1=S. The van der Waals surface area contributed by atoms with Gasteiger partial charge in [-0.2, -0.15) is 0 Å². The number of hydrogen-bond donors (Lipinski definition) is 1. The molecule has 0 radical (unpaired) electrons. The quantitative estimate of drug-likeness (QED) is 0.370. The minimum atomic E-state index is -1.11. The number of hydrogen-bond acceptors (Lipinski definition) is 6. The maximum Gasteiger partial charge on any atom is 0.327 e. The fourth-order valence-electron chi connectivity index (χ4n) is 2.26. The van der Waals surface area contributed by atoms with E-state index in [1.807, 2.05) is 0 Å². The number of carboxylic acid groups (broad SMARTS) is 1. The minimum absolute atomic E-state index is 0.0505. The Morgan fingerprint density at radius 3 is 2.42 bits per heavy atom. The van der Waals surface area contributed by atoms with E-state index in [-0.39, 0.29) is 15.9 Å². The van der Waals surface area contributed by atoms with Crippen LogP contribution in [0.3, 0.4) is 0 Å². The summed E-state index contributed by atoms with van der Waals surface area (Å²) in [6.07, 6.45) is 1.54. The van der Waals surface area contributed by atoms with Crippen LogP contribution in [0.25, 0.3) is 6.08 Å². The Morgan fingerprint density at radius 1 is 1.38 bits per heavy atom. The van der Waals surface area contributed by atoms with Crippen LogP contribution >= 0.6 is 24.0 Å². The molecule has 1 N–H and O–H groups in total. The molecule has 1 aromatic rings. The zero-order valence-corrected chi connectivity index (χ0v) is 14.5. The number of carboxylic acids is 1. The zero-order valence-electron chi connectivity index (χ0n) is 12.8. The molecule has 1 fully saturated rings. The Morgan fingerprint density at radius 2 is 1.96 bits per heavy atom. The predicted molar refractivity (Wildman–Crippen MR) is 94.4 cm³/mol. The van der Waals surface area contributed by atoms with Crippen molar-refractivity contribution >= 4 is 51.9 Å². The number of nitro groups is 1. The van der Waals surface area contributed by atoms with Gasteiger partial charge in [0.1, 0.15) is 10.4 Å². The highest BCUT2D eigenvalue weighted by atomic mass is 32.2. The van der Waals surface area contributed by atoms with Gasteiger partial charge in [-0.3, -0.25) is 19.8 Å². The molecule has 1 aromatic carbocycles. The molecule has 24 heavy (non-hydrogen) atoms. The number of thioether (sulfide) groups is 1. The molecule has 0 saturated carbocycles. The van der Waals surface area contributed by atoms with Crippen LogP contribution in [0.2, 0.25) is 0 Å². The maximum atomic E-state index is 12.5. The lowest BCUT2D eigenvalue weighted by molar-refractivity contribution is -0.384. The van der Waals surface area contributed by atoms with Gasteiger partial charge in [-0.05, 0) is 29.7 Å². The largest absolute Gasteiger partial charge is 0.480 e. The summed E-state index contributed by atoms with van der Waals surface area (Å²) in [5, 5.41) is 20.0. The number of nitro benzene ring substituents is 1. The molecule has 7 nitrogen and oxygen atoms in total. The number of benzene rings is 1. The topological polar surface area (TPSA) is 101 Å². The number of rotatable bonds is 5. The molecule has 1 atom stereocenters. The molecule has 2 rings (SSSR count). The lowest BCUT2D eigenvalue weighted by Crippen LogP contribution is -2.47. The number of non-ortho nitro benzene ring substituents is 1. The highest BCUT2D eigenvalue weighted by Gasteiger charge is 2.41. The molecule has 0 aliphatic carbocycles. The molecule has 126 valence electrons. The lowest BCUT2D eigenvalue weighted by Gasteiger charge is -2.26. The Hall–Kier alpha value is -2.26. The first kappa shape index (κ1) is 18.1. The third kappa shape index (κ3) is 3.62. The molecular formula is C15H14N2O5S2. The third-order valence-electron chi connectivity index (χ3n) is 3.39. The maximum absolute atomic E-state index is 12.5. The van der Waals surface area contributed by atoms with Gasteiger partial charge in [-0.15, -0.1) is 0 Å². The second-order valence-electron chi connectivity index (χ2n) is 5.43. The fourth-order valence-corrected chi connectivity index (χ4v) is 3.59. The molecule has 1 aliphatic heterocycles. The van der Waals surface area contributed by atoms with Crippen molar-refractivity contribution < 1.29 is 19.6 Å². The Kier molecular flexibility index (Phi) is 5.35. The van der Waals surface area contributed by atoms with Gasteiger partial charge < -0.3 is 5.11 Å². The van der Waals surface area contributed by atoms with Gasteiger partial charge in [0.15, 0.2) is 0 Å². The van der Waals surface area contributed by atoms with Crippen molar-refractivity contribution in [2.24, 2.45) is 5.92 Å². The zero-order chi connectivity index (χ0) is 18.0. The van der Waals surface area contributed by atoms with Crippen LogP contribution in [-0.4, -0.2) is 37.2 Å². The summed E-state index contributed by atoms with van der Waals surface area (Å²) in [6, 6.07) is 4.67. The number of carbonyl (C=O) groups excluding carboxylic acids is 1. The summed E-state index contributed by atoms with van der Waals surface area (Å²) in [6.45, 7) is 3.41. The monoisotopic (exact) mass is 366 g/mol. The molecule has 0 unspecified atom stereocenters. The second-order valence-corrected chi connectivity index (χ2v) is 7.10. The van der Waals surface area contributed by atoms with Gasteiger partial charge in [0.2, 0.25) is 0 Å². The molecule has 0 bridgehead atoms. The second kappa shape index (κ2) is 7.10. The summed E-state index contributed by atoms with van der Waals surface area (Å²) in [4.78, 5) is 35.5. The number of amides is 1. The fraction of sp³-hybridized carbons (Fsp3) is 0.267. The van der Waals surface area contributed by atoms with E-state index in [9.17, 15) is 24.8 Å². The summed E-state index contributed by atoms with van der Waals surface area (Å²) >= 11 is 6.18. The van der Waals surface area contributed by atoms with Crippen LogP contribution in [0.5, 0.6) is 0 Å². The van der Waals surface area contributed by atoms with Crippen LogP contribution in [0.4, 0.5) is 5.69 Å². The first-order chi connectivity index (χ1) is 11.2. The van der Waals surface area contributed by atoms with Crippen molar-refractivity contribution in [2.75, 3.05) is 0 Å².